The average molecular weight is 458 g/mol. The molecule has 0 spiro atoms. The number of halogens is 3. The molecule has 0 unspecified atom stereocenters. The summed E-state index contributed by atoms with van der Waals surface area (Å²) in [6.07, 6.45) is 1.97. The van der Waals surface area contributed by atoms with Crippen LogP contribution in [-0.2, 0) is 10.0 Å². The summed E-state index contributed by atoms with van der Waals surface area (Å²) < 4.78 is 33.4. The van der Waals surface area contributed by atoms with Crippen LogP contribution < -0.4 is 9.46 Å². The number of nitrogens with one attached hydrogen (secondary N) is 1. The molecule has 1 aromatic heterocycles. The fourth-order valence-corrected chi connectivity index (χ4v) is 3.79. The van der Waals surface area contributed by atoms with Gasteiger partial charge in [0.25, 0.3) is 10.0 Å². The van der Waals surface area contributed by atoms with Gasteiger partial charge in [0, 0.05) is 11.8 Å². The highest BCUT2D eigenvalue weighted by Gasteiger charge is 2.19. The first-order chi connectivity index (χ1) is 13.3. The molecule has 0 aliphatic carbocycles. The van der Waals surface area contributed by atoms with Crippen LogP contribution in [-0.4, -0.2) is 19.7 Å². The zero-order valence-corrected chi connectivity index (χ0v) is 17.0. The maximum absolute atomic E-state index is 12.7. The third-order valence-electron chi connectivity index (χ3n) is 3.47. The van der Waals surface area contributed by atoms with Gasteiger partial charge in [-0.15, -0.1) is 0 Å². The second-order valence-electron chi connectivity index (χ2n) is 5.48. The third-order valence-corrected chi connectivity index (χ3v) is 5.78. The van der Waals surface area contributed by atoms with Crippen molar-refractivity contribution in [3.8, 4) is 11.6 Å². The van der Waals surface area contributed by atoms with Crippen LogP contribution in [0.2, 0.25) is 15.1 Å². The van der Waals surface area contributed by atoms with Gasteiger partial charge >= 0.3 is 0 Å². The van der Waals surface area contributed by atoms with Crippen molar-refractivity contribution >= 4 is 56.8 Å². The Balaban J connectivity index is 1.96. The van der Waals surface area contributed by atoms with E-state index in [1.165, 1.54) is 36.5 Å². The van der Waals surface area contributed by atoms with E-state index in [0.29, 0.717) is 17.6 Å². The van der Waals surface area contributed by atoms with E-state index in [1.54, 1.807) is 18.2 Å². The van der Waals surface area contributed by atoms with E-state index in [0.717, 1.165) is 0 Å². The summed E-state index contributed by atoms with van der Waals surface area (Å²) >= 11 is 17.7. The van der Waals surface area contributed by atoms with Crippen molar-refractivity contribution < 1.29 is 17.9 Å². The van der Waals surface area contributed by atoms with Crippen molar-refractivity contribution in [2.75, 3.05) is 4.72 Å². The number of pyridine rings is 1. The molecule has 144 valence electrons. The highest BCUT2D eigenvalue weighted by atomic mass is 35.5. The van der Waals surface area contributed by atoms with Gasteiger partial charge < -0.3 is 4.74 Å². The highest BCUT2D eigenvalue weighted by Crippen LogP contribution is 2.32. The van der Waals surface area contributed by atoms with Crippen molar-refractivity contribution in [3.63, 3.8) is 0 Å². The Hall–Kier alpha value is -2.32. The Morgan fingerprint density at radius 2 is 1.79 bits per heavy atom. The Kier molecular flexibility index (Phi) is 6.10. The summed E-state index contributed by atoms with van der Waals surface area (Å²) in [6.45, 7) is 0. The van der Waals surface area contributed by atoms with Gasteiger partial charge in [0.15, 0.2) is 0 Å². The van der Waals surface area contributed by atoms with Gasteiger partial charge in [0.05, 0.1) is 20.0 Å². The summed E-state index contributed by atoms with van der Waals surface area (Å²) in [5.41, 5.74) is 0.402. The quantitative estimate of drug-likeness (QED) is 0.498. The summed E-state index contributed by atoms with van der Waals surface area (Å²) in [5, 5.41) is 0.515. The molecule has 0 saturated carbocycles. The smallest absolute Gasteiger partial charge is 0.262 e. The van der Waals surface area contributed by atoms with Crippen molar-refractivity contribution in [3.05, 3.63) is 75.4 Å². The summed E-state index contributed by atoms with van der Waals surface area (Å²) in [7, 11) is -4.02. The third kappa shape index (κ3) is 4.74. The van der Waals surface area contributed by atoms with E-state index in [4.69, 9.17) is 39.5 Å². The van der Waals surface area contributed by atoms with Crippen LogP contribution >= 0.6 is 34.8 Å². The van der Waals surface area contributed by atoms with Crippen LogP contribution in [0.1, 0.15) is 10.4 Å². The second kappa shape index (κ2) is 8.36. The minimum absolute atomic E-state index is 0.00933. The molecular weight excluding hydrogens is 447 g/mol. The Bertz CT molecular complexity index is 1150. The highest BCUT2D eigenvalue weighted by molar-refractivity contribution is 7.92. The van der Waals surface area contributed by atoms with Gasteiger partial charge in [-0.25, -0.2) is 13.4 Å². The van der Waals surface area contributed by atoms with Crippen LogP contribution in [0.15, 0.2) is 59.6 Å². The molecule has 0 fully saturated rings. The first-order valence-electron chi connectivity index (χ1n) is 7.65. The number of hydrogen-bond donors (Lipinski definition) is 1. The number of carbonyl (C=O) groups is 1. The molecular formula is C18H11Cl3N2O4S. The molecule has 1 N–H and O–H groups in total. The maximum Gasteiger partial charge on any atom is 0.262 e. The number of carbonyl (C=O) groups excluding carboxylic acids is 1. The number of ether oxygens (including phenoxy) is 1. The van der Waals surface area contributed by atoms with Crippen molar-refractivity contribution in [2.24, 2.45) is 0 Å². The summed E-state index contributed by atoms with van der Waals surface area (Å²) in [6, 6.07) is 11.6. The van der Waals surface area contributed by atoms with Gasteiger partial charge in [-0.2, -0.15) is 0 Å². The lowest BCUT2D eigenvalue weighted by molar-refractivity contribution is 0.112. The van der Waals surface area contributed by atoms with Gasteiger partial charge in [-0.3, -0.25) is 9.52 Å². The minimum Gasteiger partial charge on any atom is -0.437 e. The molecule has 0 bridgehead atoms. The molecule has 6 nitrogen and oxygen atoms in total. The fourth-order valence-electron chi connectivity index (χ4n) is 2.19. The van der Waals surface area contributed by atoms with Gasteiger partial charge in [-0.1, -0.05) is 46.9 Å². The number of anilines is 1. The molecule has 1 heterocycles. The SMILES string of the molecule is O=Cc1cccc(Oc2ncc(Cl)cc2NS(=O)(=O)c2ccc(Cl)c(Cl)c2)c1. The van der Waals surface area contributed by atoms with Gasteiger partial charge in [0.2, 0.25) is 5.88 Å². The molecule has 0 aliphatic rings. The predicted molar refractivity (Wildman–Crippen MR) is 108 cm³/mol. The molecule has 3 aromatic rings. The van der Waals surface area contributed by atoms with E-state index in [9.17, 15) is 13.2 Å². The van der Waals surface area contributed by atoms with Gasteiger partial charge in [0.1, 0.15) is 17.7 Å². The Morgan fingerprint density at radius 1 is 1.00 bits per heavy atom. The Labute approximate surface area is 176 Å². The van der Waals surface area contributed by atoms with Crippen LogP contribution in [0.3, 0.4) is 0 Å². The lowest BCUT2D eigenvalue weighted by Gasteiger charge is -2.13. The number of benzene rings is 2. The monoisotopic (exact) mass is 456 g/mol. The fraction of sp³-hybridized carbons (Fsp3) is 0. The first-order valence-corrected chi connectivity index (χ1v) is 10.3. The van der Waals surface area contributed by atoms with Gasteiger partial charge in [-0.05, 0) is 36.4 Å². The molecule has 3 rings (SSSR count). The van der Waals surface area contributed by atoms with Crippen molar-refractivity contribution in [1.29, 1.82) is 0 Å². The van der Waals surface area contributed by atoms with Crippen molar-refractivity contribution in [2.45, 2.75) is 4.90 Å². The molecule has 0 radical (unpaired) electrons. The summed E-state index contributed by atoms with van der Waals surface area (Å²) in [4.78, 5) is 14.8. The van der Waals surface area contributed by atoms with E-state index in [-0.39, 0.29) is 31.5 Å². The minimum atomic E-state index is -4.02. The molecule has 0 atom stereocenters. The number of aldehydes is 1. The number of nitrogens with zero attached hydrogens (tertiary/aromatic N) is 1. The van der Waals surface area contributed by atoms with E-state index in [1.807, 2.05) is 0 Å². The predicted octanol–water partition coefficient (Wildman–Crippen LogP) is 5.45. The number of aromatic nitrogens is 1. The van der Waals surface area contributed by atoms with Crippen LogP contribution in [0.4, 0.5) is 5.69 Å². The number of sulfonamides is 1. The zero-order valence-electron chi connectivity index (χ0n) is 13.9. The Morgan fingerprint density at radius 3 is 2.50 bits per heavy atom. The normalized spacial score (nSPS) is 11.1. The topological polar surface area (TPSA) is 85.4 Å². The standard InChI is InChI=1S/C18H11Cl3N2O4S/c19-12-7-17(23-28(25,26)14-4-5-15(20)16(21)8-14)18(22-9-12)27-13-3-1-2-11(6-13)10-24/h1-10,23H. The summed E-state index contributed by atoms with van der Waals surface area (Å²) in [5.74, 6) is 0.255. The molecule has 2 aromatic carbocycles. The lowest BCUT2D eigenvalue weighted by atomic mass is 10.2. The molecule has 0 amide bonds. The molecule has 10 heteroatoms. The van der Waals surface area contributed by atoms with E-state index < -0.39 is 10.0 Å². The molecule has 0 saturated heterocycles. The van der Waals surface area contributed by atoms with Crippen molar-refractivity contribution in [1.82, 2.24) is 4.98 Å². The largest absolute Gasteiger partial charge is 0.437 e. The van der Waals surface area contributed by atoms with Crippen LogP contribution in [0.25, 0.3) is 0 Å². The second-order valence-corrected chi connectivity index (χ2v) is 8.41. The average Bonchev–Trinajstić information content (AvgIpc) is 2.66. The number of rotatable bonds is 6. The van der Waals surface area contributed by atoms with Crippen LogP contribution in [0, 0.1) is 0 Å². The molecule has 28 heavy (non-hydrogen) atoms. The van der Waals surface area contributed by atoms with E-state index >= 15 is 0 Å². The molecule has 0 aliphatic heterocycles. The van der Waals surface area contributed by atoms with Crippen LogP contribution in [0.5, 0.6) is 11.6 Å². The number of hydrogen-bond acceptors (Lipinski definition) is 5. The zero-order chi connectivity index (χ0) is 20.3. The van der Waals surface area contributed by atoms with E-state index in [2.05, 4.69) is 9.71 Å². The lowest BCUT2D eigenvalue weighted by Crippen LogP contribution is -2.14. The maximum atomic E-state index is 12.7. The first kappa shape index (κ1) is 20.4.